The predicted molar refractivity (Wildman–Crippen MR) is 85.1 cm³/mol. The van der Waals surface area contributed by atoms with Gasteiger partial charge in [-0.1, -0.05) is 0 Å². The van der Waals surface area contributed by atoms with Gasteiger partial charge in [-0.05, 0) is 63.2 Å². The molecule has 1 aliphatic carbocycles. The zero-order valence-corrected chi connectivity index (χ0v) is 12.5. The van der Waals surface area contributed by atoms with E-state index in [1.807, 2.05) is 30.3 Å². The zero-order chi connectivity index (χ0) is 14.8. The minimum Gasteiger partial charge on any atom is -0.368 e. The highest BCUT2D eigenvalue weighted by molar-refractivity contribution is 5.81. The van der Waals surface area contributed by atoms with Crippen molar-refractivity contribution in [2.45, 2.75) is 18.9 Å². The van der Waals surface area contributed by atoms with E-state index in [4.69, 9.17) is 5.26 Å². The summed E-state index contributed by atoms with van der Waals surface area (Å²) >= 11 is 0. The Bertz CT molecular complexity index is 681. The van der Waals surface area contributed by atoms with E-state index in [0.717, 1.165) is 29.2 Å². The number of rotatable bonds is 5. The van der Waals surface area contributed by atoms with Crippen LogP contribution in [0.1, 0.15) is 18.4 Å². The van der Waals surface area contributed by atoms with Crippen LogP contribution in [-0.4, -0.2) is 36.6 Å². The Hall–Kier alpha value is -2.12. The molecule has 0 saturated heterocycles. The Morgan fingerprint density at radius 3 is 2.81 bits per heavy atom. The Balaban J connectivity index is 1.74. The Morgan fingerprint density at radius 1 is 1.33 bits per heavy atom. The molecule has 0 aliphatic heterocycles. The van der Waals surface area contributed by atoms with Crippen LogP contribution in [0.25, 0.3) is 10.9 Å². The molecule has 1 aromatic heterocycles. The molecular weight excluding hydrogens is 260 g/mol. The van der Waals surface area contributed by atoms with Gasteiger partial charge >= 0.3 is 0 Å². The third-order valence-electron chi connectivity index (χ3n) is 4.14. The van der Waals surface area contributed by atoms with E-state index in [1.54, 1.807) is 0 Å². The maximum absolute atomic E-state index is 8.92. The lowest BCUT2D eigenvalue weighted by molar-refractivity contribution is 0.276. The second-order valence-electron chi connectivity index (χ2n) is 5.97. The molecule has 0 radical (unpaired) electrons. The van der Waals surface area contributed by atoms with Crippen LogP contribution < -0.4 is 5.32 Å². The van der Waals surface area contributed by atoms with E-state index >= 15 is 0 Å². The zero-order valence-electron chi connectivity index (χ0n) is 12.5. The summed E-state index contributed by atoms with van der Waals surface area (Å²) in [5.74, 6) is 1.73. The topological polar surface area (TPSA) is 52.0 Å². The third kappa shape index (κ3) is 3.14. The molecular formula is C17H20N4. The summed E-state index contributed by atoms with van der Waals surface area (Å²) < 4.78 is 0. The first-order chi connectivity index (χ1) is 10.2. The van der Waals surface area contributed by atoms with E-state index in [9.17, 15) is 0 Å². The van der Waals surface area contributed by atoms with Gasteiger partial charge in [-0.3, -0.25) is 0 Å². The summed E-state index contributed by atoms with van der Waals surface area (Å²) in [5, 5.41) is 13.4. The lowest BCUT2D eigenvalue weighted by Gasteiger charge is -2.24. The van der Waals surface area contributed by atoms with Crippen molar-refractivity contribution in [1.29, 1.82) is 5.26 Å². The first kappa shape index (κ1) is 13.8. The lowest BCUT2D eigenvalue weighted by atomic mass is 10.1. The molecule has 3 rings (SSSR count). The number of hydrogen-bond acceptors (Lipinski definition) is 4. The van der Waals surface area contributed by atoms with Gasteiger partial charge in [0.2, 0.25) is 0 Å². The van der Waals surface area contributed by atoms with Gasteiger partial charge in [-0.2, -0.15) is 5.26 Å². The summed E-state index contributed by atoms with van der Waals surface area (Å²) in [7, 11) is 4.28. The van der Waals surface area contributed by atoms with E-state index in [0.29, 0.717) is 11.6 Å². The van der Waals surface area contributed by atoms with Crippen LogP contribution in [0.15, 0.2) is 30.3 Å². The van der Waals surface area contributed by atoms with Crippen LogP contribution in [0.4, 0.5) is 5.82 Å². The highest BCUT2D eigenvalue weighted by Gasteiger charge is 2.32. The van der Waals surface area contributed by atoms with Gasteiger partial charge in [0.25, 0.3) is 0 Å². The minimum atomic E-state index is 0.573. The molecule has 1 N–H and O–H groups in total. The highest BCUT2D eigenvalue weighted by atomic mass is 15.1. The third-order valence-corrected chi connectivity index (χ3v) is 4.14. The molecule has 1 unspecified atom stereocenters. The maximum atomic E-state index is 8.92. The summed E-state index contributed by atoms with van der Waals surface area (Å²) in [5.41, 5.74) is 1.60. The predicted octanol–water partition coefficient (Wildman–Crippen LogP) is 2.86. The Morgan fingerprint density at radius 2 is 2.14 bits per heavy atom. The minimum absolute atomic E-state index is 0.573. The normalized spacial score (nSPS) is 15.9. The number of likely N-dealkylation sites (N-methyl/N-ethyl adjacent to an activating group) is 1. The standard InChI is InChI=1S/C17H20N4/c1-21(2)16(13-4-5-13)11-19-17-8-6-14-9-12(10-18)3-7-15(14)20-17/h3,6-9,13,16H,4-5,11H2,1-2H3,(H,19,20). The number of nitrogens with one attached hydrogen (secondary N) is 1. The van der Waals surface area contributed by atoms with Crippen molar-refractivity contribution < 1.29 is 0 Å². The molecule has 0 amide bonds. The number of nitriles is 1. The van der Waals surface area contributed by atoms with Crippen molar-refractivity contribution in [3.05, 3.63) is 35.9 Å². The maximum Gasteiger partial charge on any atom is 0.126 e. The lowest BCUT2D eigenvalue weighted by Crippen LogP contribution is -2.36. The van der Waals surface area contributed by atoms with Crippen molar-refractivity contribution in [3.8, 4) is 6.07 Å². The summed E-state index contributed by atoms with van der Waals surface area (Å²) in [6, 6.07) is 12.3. The van der Waals surface area contributed by atoms with Crippen molar-refractivity contribution in [2.24, 2.45) is 5.92 Å². The largest absolute Gasteiger partial charge is 0.368 e. The van der Waals surface area contributed by atoms with E-state index in [2.05, 4.69) is 35.4 Å². The van der Waals surface area contributed by atoms with Crippen LogP contribution >= 0.6 is 0 Å². The molecule has 1 fully saturated rings. The number of hydrogen-bond donors (Lipinski definition) is 1. The van der Waals surface area contributed by atoms with E-state index in [-0.39, 0.29) is 0 Å². The van der Waals surface area contributed by atoms with Crippen molar-refractivity contribution in [2.75, 3.05) is 26.0 Å². The second-order valence-corrected chi connectivity index (χ2v) is 5.97. The smallest absolute Gasteiger partial charge is 0.126 e. The number of fused-ring (bicyclic) bond motifs is 1. The van der Waals surface area contributed by atoms with Gasteiger partial charge in [0.05, 0.1) is 17.1 Å². The average Bonchev–Trinajstić information content (AvgIpc) is 3.31. The Labute approximate surface area is 125 Å². The molecule has 21 heavy (non-hydrogen) atoms. The molecule has 0 bridgehead atoms. The summed E-state index contributed by atoms with van der Waals surface area (Å²) in [4.78, 5) is 6.92. The van der Waals surface area contributed by atoms with Crippen LogP contribution in [0.5, 0.6) is 0 Å². The molecule has 1 atom stereocenters. The monoisotopic (exact) mass is 280 g/mol. The quantitative estimate of drug-likeness (QED) is 0.915. The SMILES string of the molecule is CN(C)C(CNc1ccc2cc(C#N)ccc2n1)C1CC1. The molecule has 1 aromatic carbocycles. The average molecular weight is 280 g/mol. The molecule has 1 heterocycles. The van der Waals surface area contributed by atoms with Crippen molar-refractivity contribution in [3.63, 3.8) is 0 Å². The van der Waals surface area contributed by atoms with E-state index in [1.165, 1.54) is 12.8 Å². The fourth-order valence-corrected chi connectivity index (χ4v) is 2.75. The highest BCUT2D eigenvalue weighted by Crippen LogP contribution is 2.34. The molecule has 4 nitrogen and oxygen atoms in total. The van der Waals surface area contributed by atoms with Crippen molar-refractivity contribution in [1.82, 2.24) is 9.88 Å². The van der Waals surface area contributed by atoms with Crippen LogP contribution in [-0.2, 0) is 0 Å². The van der Waals surface area contributed by atoms with Crippen LogP contribution in [0.2, 0.25) is 0 Å². The van der Waals surface area contributed by atoms with Gasteiger partial charge in [0.1, 0.15) is 5.82 Å². The van der Waals surface area contributed by atoms with Gasteiger partial charge in [-0.15, -0.1) is 0 Å². The van der Waals surface area contributed by atoms with Crippen LogP contribution in [0, 0.1) is 17.2 Å². The van der Waals surface area contributed by atoms with Gasteiger partial charge in [0, 0.05) is 18.0 Å². The van der Waals surface area contributed by atoms with Crippen LogP contribution in [0.3, 0.4) is 0 Å². The summed E-state index contributed by atoms with van der Waals surface area (Å²) in [6.45, 7) is 0.923. The van der Waals surface area contributed by atoms with Gasteiger partial charge < -0.3 is 10.2 Å². The Kier molecular flexibility index (Phi) is 3.76. The molecule has 108 valence electrons. The van der Waals surface area contributed by atoms with Gasteiger partial charge in [0.15, 0.2) is 0 Å². The van der Waals surface area contributed by atoms with E-state index < -0.39 is 0 Å². The number of pyridine rings is 1. The van der Waals surface area contributed by atoms with Crippen molar-refractivity contribution >= 4 is 16.7 Å². The molecule has 2 aromatic rings. The number of aromatic nitrogens is 1. The summed E-state index contributed by atoms with van der Waals surface area (Å²) in [6.07, 6.45) is 2.68. The fourth-order valence-electron chi connectivity index (χ4n) is 2.75. The fraction of sp³-hybridized carbons (Fsp3) is 0.412. The second kappa shape index (κ2) is 5.71. The molecule has 1 aliphatic rings. The molecule has 4 heteroatoms. The first-order valence-corrected chi connectivity index (χ1v) is 7.38. The number of benzene rings is 1. The first-order valence-electron chi connectivity index (χ1n) is 7.38. The molecule has 1 saturated carbocycles. The number of anilines is 1. The number of nitrogens with zero attached hydrogens (tertiary/aromatic N) is 3. The van der Waals surface area contributed by atoms with Gasteiger partial charge in [-0.25, -0.2) is 4.98 Å². The molecule has 0 spiro atoms.